The van der Waals surface area contributed by atoms with Crippen molar-refractivity contribution in [1.29, 1.82) is 0 Å². The molecule has 1 saturated carbocycles. The number of hydrogen-bond donors (Lipinski definition) is 1. The fourth-order valence-corrected chi connectivity index (χ4v) is 2.78. The van der Waals surface area contributed by atoms with E-state index in [1.165, 1.54) is 0 Å². The average molecular weight is 227 g/mol. The maximum Gasteiger partial charge on any atom is 0.0637 e. The Labute approximate surface area is 101 Å². The van der Waals surface area contributed by atoms with Crippen LogP contribution in [0, 0.1) is 10.8 Å². The Hall–Kier alpha value is -0.0800. The lowest BCUT2D eigenvalue weighted by Crippen LogP contribution is -2.38. The van der Waals surface area contributed by atoms with Gasteiger partial charge in [-0.1, -0.05) is 27.7 Å². The summed E-state index contributed by atoms with van der Waals surface area (Å²) in [6.45, 7) is 15.9. The van der Waals surface area contributed by atoms with E-state index in [0.29, 0.717) is 22.9 Å². The predicted octanol–water partition coefficient (Wildman–Crippen LogP) is 3.21. The Morgan fingerprint density at radius 2 is 1.62 bits per heavy atom. The van der Waals surface area contributed by atoms with Crippen molar-refractivity contribution >= 4 is 0 Å². The van der Waals surface area contributed by atoms with Gasteiger partial charge >= 0.3 is 0 Å². The molecule has 0 heterocycles. The third-order valence-corrected chi connectivity index (χ3v) is 4.82. The minimum atomic E-state index is -0.0322. The summed E-state index contributed by atoms with van der Waals surface area (Å²) in [5.74, 6) is 0. The normalized spacial score (nSPS) is 25.5. The van der Waals surface area contributed by atoms with Crippen LogP contribution in [0.15, 0.2) is 0 Å². The maximum absolute atomic E-state index is 5.47. The Balaban J connectivity index is 2.46. The number of nitrogens with one attached hydrogen (secondary N) is 1. The van der Waals surface area contributed by atoms with Gasteiger partial charge in [-0.05, 0) is 38.0 Å². The number of rotatable bonds is 5. The summed E-state index contributed by atoms with van der Waals surface area (Å²) < 4.78 is 5.47. The summed E-state index contributed by atoms with van der Waals surface area (Å²) in [7, 11) is 1.79. The van der Waals surface area contributed by atoms with Gasteiger partial charge in [0.1, 0.15) is 0 Å². The topological polar surface area (TPSA) is 21.3 Å². The summed E-state index contributed by atoms with van der Waals surface area (Å²) in [5.41, 5.74) is 0.798. The summed E-state index contributed by atoms with van der Waals surface area (Å²) in [6.07, 6.45) is 1.05. The number of methoxy groups -OCH3 is 1. The van der Waals surface area contributed by atoms with Gasteiger partial charge in [-0.2, -0.15) is 0 Å². The SMILES string of the molecule is COC(C)(C)CC(C)NC1C(C)(C)C1(C)C. The van der Waals surface area contributed by atoms with E-state index >= 15 is 0 Å². The summed E-state index contributed by atoms with van der Waals surface area (Å²) in [5, 5.41) is 3.74. The zero-order valence-corrected chi connectivity index (χ0v) is 12.3. The van der Waals surface area contributed by atoms with Crippen LogP contribution in [0.3, 0.4) is 0 Å². The number of ether oxygens (including phenoxy) is 1. The van der Waals surface area contributed by atoms with E-state index in [4.69, 9.17) is 4.74 Å². The highest BCUT2D eigenvalue weighted by atomic mass is 16.5. The highest BCUT2D eigenvalue weighted by Gasteiger charge is 2.64. The van der Waals surface area contributed by atoms with Crippen LogP contribution in [0.2, 0.25) is 0 Å². The van der Waals surface area contributed by atoms with E-state index in [2.05, 4.69) is 53.8 Å². The first kappa shape index (κ1) is 14.0. The van der Waals surface area contributed by atoms with Gasteiger partial charge in [-0.25, -0.2) is 0 Å². The third kappa shape index (κ3) is 2.43. The molecule has 1 atom stereocenters. The first-order chi connectivity index (χ1) is 7.04. The minimum Gasteiger partial charge on any atom is -0.379 e. The molecule has 0 aromatic rings. The van der Waals surface area contributed by atoms with Gasteiger partial charge < -0.3 is 10.1 Å². The van der Waals surface area contributed by atoms with Crippen molar-refractivity contribution in [3.63, 3.8) is 0 Å². The Kier molecular flexibility index (Phi) is 3.49. The molecule has 2 heteroatoms. The van der Waals surface area contributed by atoms with E-state index in [1.54, 1.807) is 7.11 Å². The van der Waals surface area contributed by atoms with E-state index in [0.717, 1.165) is 6.42 Å². The van der Waals surface area contributed by atoms with Crippen molar-refractivity contribution in [2.24, 2.45) is 10.8 Å². The molecule has 0 aromatic heterocycles. The van der Waals surface area contributed by atoms with E-state index in [9.17, 15) is 0 Å². The lowest BCUT2D eigenvalue weighted by Gasteiger charge is -2.27. The molecule has 1 fully saturated rings. The molecule has 16 heavy (non-hydrogen) atoms. The van der Waals surface area contributed by atoms with Gasteiger partial charge in [-0.15, -0.1) is 0 Å². The molecule has 0 saturated heterocycles. The molecule has 1 aliphatic rings. The fourth-order valence-electron chi connectivity index (χ4n) is 2.78. The van der Waals surface area contributed by atoms with Crippen LogP contribution in [0.5, 0.6) is 0 Å². The van der Waals surface area contributed by atoms with Crippen molar-refractivity contribution in [2.45, 2.75) is 72.6 Å². The molecule has 0 bridgehead atoms. The van der Waals surface area contributed by atoms with Crippen molar-refractivity contribution in [3.05, 3.63) is 0 Å². The summed E-state index contributed by atoms with van der Waals surface area (Å²) in [4.78, 5) is 0. The number of hydrogen-bond acceptors (Lipinski definition) is 2. The molecular weight excluding hydrogens is 198 g/mol. The highest BCUT2D eigenvalue weighted by molar-refractivity contribution is 5.18. The van der Waals surface area contributed by atoms with Crippen LogP contribution in [0.4, 0.5) is 0 Å². The summed E-state index contributed by atoms with van der Waals surface area (Å²) >= 11 is 0. The second-order valence-corrected chi connectivity index (χ2v) is 7.11. The van der Waals surface area contributed by atoms with Crippen LogP contribution in [0.25, 0.3) is 0 Å². The Morgan fingerprint density at radius 1 is 1.19 bits per heavy atom. The van der Waals surface area contributed by atoms with Crippen LogP contribution < -0.4 is 5.32 Å². The first-order valence-corrected chi connectivity index (χ1v) is 6.36. The second-order valence-electron chi connectivity index (χ2n) is 7.11. The molecule has 1 rings (SSSR count). The standard InChI is InChI=1S/C14H29NO/c1-10(9-12(2,3)16-8)15-11-13(4,5)14(11,6)7/h10-11,15H,9H2,1-8H3. The van der Waals surface area contributed by atoms with Crippen LogP contribution in [0.1, 0.15) is 54.9 Å². The largest absolute Gasteiger partial charge is 0.379 e. The van der Waals surface area contributed by atoms with Gasteiger partial charge in [0, 0.05) is 19.2 Å². The average Bonchev–Trinajstić information content (AvgIpc) is 2.47. The van der Waals surface area contributed by atoms with Gasteiger partial charge in [0.25, 0.3) is 0 Å². The maximum atomic E-state index is 5.47. The van der Waals surface area contributed by atoms with E-state index in [-0.39, 0.29) is 5.60 Å². The highest BCUT2D eigenvalue weighted by Crippen LogP contribution is 2.62. The molecule has 0 radical (unpaired) electrons. The van der Waals surface area contributed by atoms with Crippen molar-refractivity contribution in [1.82, 2.24) is 5.32 Å². The Morgan fingerprint density at radius 3 is 1.94 bits per heavy atom. The molecule has 2 nitrogen and oxygen atoms in total. The van der Waals surface area contributed by atoms with Crippen LogP contribution in [-0.2, 0) is 4.74 Å². The van der Waals surface area contributed by atoms with Crippen LogP contribution in [-0.4, -0.2) is 24.8 Å². The first-order valence-electron chi connectivity index (χ1n) is 6.36. The van der Waals surface area contributed by atoms with E-state index in [1.807, 2.05) is 0 Å². The molecule has 0 amide bonds. The van der Waals surface area contributed by atoms with Crippen LogP contribution >= 0.6 is 0 Å². The predicted molar refractivity (Wildman–Crippen MR) is 69.7 cm³/mol. The molecule has 0 aliphatic heterocycles. The Bertz CT molecular complexity index is 241. The minimum absolute atomic E-state index is 0.0322. The molecule has 1 unspecified atom stereocenters. The van der Waals surface area contributed by atoms with Gasteiger partial charge in [-0.3, -0.25) is 0 Å². The second kappa shape index (κ2) is 3.99. The smallest absolute Gasteiger partial charge is 0.0637 e. The van der Waals surface area contributed by atoms with E-state index < -0.39 is 0 Å². The monoisotopic (exact) mass is 227 g/mol. The molecule has 96 valence electrons. The lowest BCUT2D eigenvalue weighted by atomic mass is 9.99. The van der Waals surface area contributed by atoms with Crippen molar-refractivity contribution in [3.8, 4) is 0 Å². The molecule has 1 N–H and O–H groups in total. The van der Waals surface area contributed by atoms with Crippen molar-refractivity contribution < 1.29 is 4.74 Å². The van der Waals surface area contributed by atoms with Gasteiger partial charge in [0.2, 0.25) is 0 Å². The summed E-state index contributed by atoms with van der Waals surface area (Å²) in [6, 6.07) is 1.13. The zero-order chi connectivity index (χ0) is 12.8. The lowest BCUT2D eigenvalue weighted by molar-refractivity contribution is 0.00807. The van der Waals surface area contributed by atoms with Gasteiger partial charge in [0.15, 0.2) is 0 Å². The van der Waals surface area contributed by atoms with Crippen molar-refractivity contribution in [2.75, 3.05) is 7.11 Å². The quantitative estimate of drug-likeness (QED) is 0.778. The molecule has 0 aromatic carbocycles. The molecular formula is C14H29NO. The molecule has 1 aliphatic carbocycles. The fraction of sp³-hybridized carbons (Fsp3) is 1.00. The zero-order valence-electron chi connectivity index (χ0n) is 12.3. The third-order valence-electron chi connectivity index (χ3n) is 4.82. The van der Waals surface area contributed by atoms with Gasteiger partial charge in [0.05, 0.1) is 5.60 Å². The molecule has 0 spiro atoms.